The summed E-state index contributed by atoms with van der Waals surface area (Å²) < 4.78 is 0. The zero-order chi connectivity index (χ0) is 25.8. The van der Waals surface area contributed by atoms with Crippen molar-refractivity contribution >= 4 is 12.3 Å². The number of carboxylic acids is 1. The first-order chi connectivity index (χ1) is 16.1. The van der Waals surface area contributed by atoms with Crippen LogP contribution in [-0.2, 0) is 9.59 Å². The third kappa shape index (κ3) is 2.94. The molecule has 10 atom stereocenters. The van der Waals surface area contributed by atoms with Crippen molar-refractivity contribution in [3.05, 3.63) is 11.6 Å². The van der Waals surface area contributed by atoms with Crippen LogP contribution >= 0.6 is 0 Å². The molecule has 0 heterocycles. The molecule has 4 saturated carbocycles. The molecule has 5 heteroatoms. The third-order valence-corrected chi connectivity index (χ3v) is 13.0. The van der Waals surface area contributed by atoms with Crippen molar-refractivity contribution in [2.75, 3.05) is 0 Å². The minimum absolute atomic E-state index is 0.0507. The van der Waals surface area contributed by atoms with E-state index in [0.717, 1.165) is 44.8 Å². The molecule has 0 aromatic carbocycles. The number of carboxylic acid groups (broad SMARTS) is 1. The lowest BCUT2D eigenvalue weighted by Gasteiger charge is -2.71. The molecule has 5 aliphatic rings. The Kier molecular flexibility index (Phi) is 5.40. The number of rotatable bonds is 2. The number of allylic oxidation sites excluding steroid dienone is 2. The van der Waals surface area contributed by atoms with E-state index < -0.39 is 29.0 Å². The van der Waals surface area contributed by atoms with Gasteiger partial charge in [-0.1, -0.05) is 53.2 Å². The lowest BCUT2D eigenvalue weighted by atomic mass is 9.33. The minimum atomic E-state index is -1.09. The number of fused-ring (bicyclic) bond motifs is 7. The Morgan fingerprint density at radius 3 is 2.23 bits per heavy atom. The molecular weight excluding hydrogens is 440 g/mol. The van der Waals surface area contributed by atoms with Gasteiger partial charge in [0.1, 0.15) is 11.7 Å². The molecule has 0 saturated heterocycles. The minimum Gasteiger partial charge on any atom is -0.481 e. The quantitative estimate of drug-likeness (QED) is 0.360. The van der Waals surface area contributed by atoms with Gasteiger partial charge in [-0.15, -0.1) is 0 Å². The Hall–Kier alpha value is -1.20. The Balaban J connectivity index is 1.63. The third-order valence-electron chi connectivity index (χ3n) is 13.0. The smallest absolute Gasteiger partial charge is 0.312 e. The van der Waals surface area contributed by atoms with E-state index in [9.17, 15) is 24.9 Å². The Morgan fingerprint density at radius 1 is 0.914 bits per heavy atom. The van der Waals surface area contributed by atoms with E-state index in [-0.39, 0.29) is 33.5 Å². The van der Waals surface area contributed by atoms with Crippen molar-refractivity contribution in [2.24, 2.45) is 50.2 Å². The van der Waals surface area contributed by atoms with Crippen LogP contribution in [-0.4, -0.2) is 39.8 Å². The SMILES string of the molecule is CC1(C)CC[C@@]2(C(=O)O)C(C1)C1=CCC3C4(C)CC[C@H](O)[C@](C)(C=O)[C@@H]4CCC3(C)[C@]1(C)C[C@@H]2O. The largest absolute Gasteiger partial charge is 0.481 e. The molecule has 5 aliphatic carbocycles. The first-order valence-electron chi connectivity index (χ1n) is 13.9. The Labute approximate surface area is 210 Å². The highest BCUT2D eigenvalue weighted by molar-refractivity contribution is 5.77. The second-order valence-corrected chi connectivity index (χ2v) is 14.8. The summed E-state index contributed by atoms with van der Waals surface area (Å²) in [5, 5.41) is 33.0. The number of carbonyl (C=O) groups is 2. The number of aldehydes is 1. The molecule has 5 nitrogen and oxygen atoms in total. The van der Waals surface area contributed by atoms with Crippen molar-refractivity contribution in [1.82, 2.24) is 0 Å². The molecule has 0 bridgehead atoms. The molecule has 0 amide bonds. The summed E-state index contributed by atoms with van der Waals surface area (Å²) in [5.41, 5.74) is -0.934. The maximum absolute atomic E-state index is 12.8. The van der Waals surface area contributed by atoms with Crippen LogP contribution in [0.2, 0.25) is 0 Å². The van der Waals surface area contributed by atoms with Crippen molar-refractivity contribution < 1.29 is 24.9 Å². The fourth-order valence-electron chi connectivity index (χ4n) is 10.6. The summed E-state index contributed by atoms with van der Waals surface area (Å²) >= 11 is 0. The van der Waals surface area contributed by atoms with Gasteiger partial charge in [0, 0.05) is 0 Å². The number of carbonyl (C=O) groups excluding carboxylic acids is 1. The van der Waals surface area contributed by atoms with Crippen LogP contribution in [0.25, 0.3) is 0 Å². The Bertz CT molecular complexity index is 970. The van der Waals surface area contributed by atoms with Crippen molar-refractivity contribution in [3.8, 4) is 0 Å². The second kappa shape index (κ2) is 7.43. The lowest BCUT2D eigenvalue weighted by Crippen LogP contribution is -2.67. The first kappa shape index (κ1) is 25.4. The fourth-order valence-corrected chi connectivity index (χ4v) is 10.6. The topological polar surface area (TPSA) is 94.8 Å². The van der Waals surface area contributed by atoms with Gasteiger partial charge in [0.2, 0.25) is 0 Å². The maximum atomic E-state index is 12.8. The summed E-state index contributed by atoms with van der Waals surface area (Å²) in [6.07, 6.45) is 8.83. The number of aliphatic carboxylic acids is 1. The van der Waals surface area contributed by atoms with Crippen molar-refractivity contribution in [2.45, 2.75) is 112 Å². The summed E-state index contributed by atoms with van der Waals surface area (Å²) in [4.78, 5) is 25.1. The van der Waals surface area contributed by atoms with E-state index in [1.165, 1.54) is 5.57 Å². The van der Waals surface area contributed by atoms with Gasteiger partial charge < -0.3 is 20.1 Å². The lowest BCUT2D eigenvalue weighted by molar-refractivity contribution is -0.217. The molecule has 0 spiro atoms. The summed E-state index contributed by atoms with van der Waals surface area (Å²) in [6, 6.07) is 0. The molecule has 3 N–H and O–H groups in total. The van der Waals surface area contributed by atoms with Gasteiger partial charge in [-0.2, -0.15) is 0 Å². The highest BCUT2D eigenvalue weighted by Crippen LogP contribution is 2.75. The van der Waals surface area contributed by atoms with Gasteiger partial charge in [-0.25, -0.2) is 0 Å². The monoisotopic (exact) mass is 486 g/mol. The normalized spacial score (nSPS) is 54.9. The van der Waals surface area contributed by atoms with Crippen LogP contribution in [0.3, 0.4) is 0 Å². The standard InChI is InChI=1S/C30H46O5/c1-25(2)13-14-30(24(34)35)19(15-25)18-7-8-21-26(3)11-10-22(32)27(4,17-31)20(26)9-12-28(21,5)29(18,6)16-23(30)33/h7,17,19-23,32-33H,8-16H2,1-6H3,(H,34,35)/t19?,20-,21?,22+,23+,26?,27-,28?,29-,30-/m1/s1. The zero-order valence-electron chi connectivity index (χ0n) is 22.6. The highest BCUT2D eigenvalue weighted by atomic mass is 16.4. The fraction of sp³-hybridized carbons (Fsp3) is 0.867. The van der Waals surface area contributed by atoms with Gasteiger partial charge in [-0.3, -0.25) is 4.79 Å². The molecular formula is C30H46O5. The second-order valence-electron chi connectivity index (χ2n) is 14.8. The predicted octanol–water partition coefficient (Wildman–Crippen LogP) is 5.38. The molecule has 196 valence electrons. The number of hydrogen-bond acceptors (Lipinski definition) is 4. The Morgan fingerprint density at radius 2 is 1.60 bits per heavy atom. The van der Waals surface area contributed by atoms with E-state index >= 15 is 0 Å². The van der Waals surface area contributed by atoms with Gasteiger partial charge in [0.15, 0.2) is 0 Å². The first-order valence-corrected chi connectivity index (χ1v) is 13.9. The van der Waals surface area contributed by atoms with Gasteiger partial charge >= 0.3 is 5.97 Å². The van der Waals surface area contributed by atoms with Crippen LogP contribution in [0.1, 0.15) is 99.3 Å². The molecule has 5 rings (SSSR count). The highest BCUT2D eigenvalue weighted by Gasteiger charge is 2.71. The van der Waals surface area contributed by atoms with Crippen molar-refractivity contribution in [3.63, 3.8) is 0 Å². The van der Waals surface area contributed by atoms with Gasteiger partial charge in [0.05, 0.1) is 17.6 Å². The number of aliphatic hydroxyl groups excluding tert-OH is 2. The van der Waals surface area contributed by atoms with E-state index in [0.29, 0.717) is 25.2 Å². The molecule has 4 fully saturated rings. The molecule has 0 aromatic rings. The van der Waals surface area contributed by atoms with Crippen LogP contribution < -0.4 is 0 Å². The van der Waals surface area contributed by atoms with Crippen LogP contribution in [0, 0.1) is 50.2 Å². The molecule has 0 aromatic heterocycles. The average molecular weight is 487 g/mol. The van der Waals surface area contributed by atoms with E-state index in [1.807, 2.05) is 6.92 Å². The van der Waals surface area contributed by atoms with Crippen LogP contribution in [0.5, 0.6) is 0 Å². The summed E-state index contributed by atoms with van der Waals surface area (Å²) in [7, 11) is 0. The summed E-state index contributed by atoms with van der Waals surface area (Å²) in [5.74, 6) is -0.517. The van der Waals surface area contributed by atoms with E-state index in [1.54, 1.807) is 0 Å². The van der Waals surface area contributed by atoms with E-state index in [4.69, 9.17) is 0 Å². The molecule has 4 unspecified atom stereocenters. The maximum Gasteiger partial charge on any atom is 0.312 e. The summed E-state index contributed by atoms with van der Waals surface area (Å²) in [6.45, 7) is 13.5. The predicted molar refractivity (Wildman–Crippen MR) is 134 cm³/mol. The molecule has 35 heavy (non-hydrogen) atoms. The van der Waals surface area contributed by atoms with Crippen LogP contribution in [0.15, 0.2) is 11.6 Å². The van der Waals surface area contributed by atoms with Crippen molar-refractivity contribution in [1.29, 1.82) is 0 Å². The average Bonchev–Trinajstić information content (AvgIpc) is 2.76. The van der Waals surface area contributed by atoms with Gasteiger partial charge in [0.25, 0.3) is 0 Å². The molecule has 0 aliphatic heterocycles. The molecule has 0 radical (unpaired) electrons. The zero-order valence-corrected chi connectivity index (χ0v) is 22.6. The number of hydrogen-bond donors (Lipinski definition) is 3. The van der Waals surface area contributed by atoms with E-state index in [2.05, 4.69) is 40.7 Å². The van der Waals surface area contributed by atoms with Gasteiger partial charge in [-0.05, 0) is 97.2 Å². The number of aliphatic hydroxyl groups is 2. The van der Waals surface area contributed by atoms with Crippen LogP contribution in [0.4, 0.5) is 0 Å².